The molecule has 0 fully saturated rings. The first-order valence-corrected chi connectivity index (χ1v) is 10.2. The van der Waals surface area contributed by atoms with E-state index >= 15 is 0 Å². The Morgan fingerprint density at radius 1 is 1.16 bits per heavy atom. The Hall–Kier alpha value is -3.30. The van der Waals surface area contributed by atoms with Crippen LogP contribution in [0.5, 0.6) is 5.75 Å². The maximum Gasteiger partial charge on any atom is 0.410 e. The lowest BCUT2D eigenvalue weighted by atomic mass is 10.1. The highest BCUT2D eigenvalue weighted by molar-refractivity contribution is 6.05. The van der Waals surface area contributed by atoms with E-state index in [0.717, 1.165) is 15.8 Å². The summed E-state index contributed by atoms with van der Waals surface area (Å²) in [7, 11) is 0. The molecule has 1 amide bonds. The minimum Gasteiger partial charge on any atom is -0.489 e. The number of carbonyl (C=O) groups excluding carboxylic acids is 1. The van der Waals surface area contributed by atoms with Gasteiger partial charge in [0.15, 0.2) is 11.7 Å². The lowest BCUT2D eigenvalue weighted by Gasteiger charge is -2.33. The number of aromatic nitrogens is 3. The minimum atomic E-state index is -4.46. The number of ether oxygens (including phenoxy) is 1. The van der Waals surface area contributed by atoms with Crippen LogP contribution in [0.1, 0.15) is 51.1 Å². The van der Waals surface area contributed by atoms with Crippen molar-refractivity contribution in [2.75, 3.05) is 11.4 Å². The van der Waals surface area contributed by atoms with Crippen molar-refractivity contribution in [1.29, 1.82) is 0 Å². The van der Waals surface area contributed by atoms with Gasteiger partial charge in [0.05, 0.1) is 11.3 Å². The molecule has 0 spiro atoms. The predicted octanol–water partition coefficient (Wildman–Crippen LogP) is 4.84. The average Bonchev–Trinajstić information content (AvgIpc) is 3.25. The maximum atomic E-state index is 13.5. The van der Waals surface area contributed by atoms with Gasteiger partial charge in [0.25, 0.3) is 5.91 Å². The quantitative estimate of drug-likeness (QED) is 0.571. The number of benzene rings is 1. The van der Waals surface area contributed by atoms with E-state index in [1.54, 1.807) is 13.8 Å². The molecule has 4 rings (SSSR count). The number of carbonyl (C=O) groups is 1. The molecule has 10 heteroatoms. The zero-order chi connectivity index (χ0) is 23.2. The van der Waals surface area contributed by atoms with Crippen LogP contribution in [0.4, 0.5) is 19.0 Å². The molecule has 7 nitrogen and oxygen atoms in total. The van der Waals surface area contributed by atoms with Gasteiger partial charge in [-0.1, -0.05) is 11.2 Å². The SMILES string of the molecule is Cc1cc(C)cc(OCc2c(C(=O)N3CCC(C(F)(F)F)n4nc(C)cc43)noc2C)c1. The van der Waals surface area contributed by atoms with Gasteiger partial charge in [-0.05, 0) is 57.4 Å². The second kappa shape index (κ2) is 7.99. The van der Waals surface area contributed by atoms with Crippen molar-refractivity contribution in [3.63, 3.8) is 0 Å². The molecule has 32 heavy (non-hydrogen) atoms. The molecule has 0 bridgehead atoms. The van der Waals surface area contributed by atoms with Gasteiger partial charge in [-0.25, -0.2) is 4.68 Å². The Morgan fingerprint density at radius 2 is 1.84 bits per heavy atom. The highest BCUT2D eigenvalue weighted by Gasteiger charge is 2.46. The van der Waals surface area contributed by atoms with E-state index in [-0.39, 0.29) is 31.1 Å². The normalized spacial score (nSPS) is 16.2. The van der Waals surface area contributed by atoms with E-state index < -0.39 is 18.1 Å². The van der Waals surface area contributed by atoms with Gasteiger partial charge in [-0.2, -0.15) is 18.3 Å². The zero-order valence-corrected chi connectivity index (χ0v) is 18.2. The first-order valence-electron chi connectivity index (χ1n) is 10.2. The summed E-state index contributed by atoms with van der Waals surface area (Å²) in [5.41, 5.74) is 2.94. The van der Waals surface area contributed by atoms with Gasteiger partial charge in [-0.3, -0.25) is 9.69 Å². The highest BCUT2D eigenvalue weighted by atomic mass is 19.4. The fourth-order valence-electron chi connectivity index (χ4n) is 3.96. The number of nitrogens with zero attached hydrogens (tertiary/aromatic N) is 4. The Balaban J connectivity index is 1.61. The fourth-order valence-corrected chi connectivity index (χ4v) is 3.96. The Labute approximate surface area is 182 Å². The molecular weight excluding hydrogens is 425 g/mol. The third kappa shape index (κ3) is 4.09. The number of hydrogen-bond donors (Lipinski definition) is 0. The first-order chi connectivity index (χ1) is 15.0. The molecule has 3 heterocycles. The van der Waals surface area contributed by atoms with Crippen molar-refractivity contribution in [2.24, 2.45) is 0 Å². The van der Waals surface area contributed by atoms with E-state index in [2.05, 4.69) is 10.3 Å². The number of anilines is 1. The summed E-state index contributed by atoms with van der Waals surface area (Å²) in [6, 6.07) is 5.46. The van der Waals surface area contributed by atoms with Crippen LogP contribution in [0.25, 0.3) is 0 Å². The summed E-state index contributed by atoms with van der Waals surface area (Å²) < 4.78 is 52.3. The molecule has 1 atom stereocenters. The number of halogens is 3. The molecule has 170 valence electrons. The van der Waals surface area contributed by atoms with Gasteiger partial charge in [0.1, 0.15) is 23.9 Å². The van der Waals surface area contributed by atoms with E-state index in [0.29, 0.717) is 22.8 Å². The summed E-state index contributed by atoms with van der Waals surface area (Å²) in [6.07, 6.45) is -4.76. The molecular formula is C22H23F3N4O3. The molecule has 1 aliphatic heterocycles. The van der Waals surface area contributed by atoms with E-state index in [1.165, 1.54) is 11.0 Å². The molecule has 0 N–H and O–H groups in total. The molecule has 1 aliphatic rings. The van der Waals surface area contributed by atoms with Crippen LogP contribution in [0.3, 0.4) is 0 Å². The van der Waals surface area contributed by atoms with Crippen LogP contribution in [-0.2, 0) is 6.61 Å². The number of rotatable bonds is 4. The van der Waals surface area contributed by atoms with E-state index in [9.17, 15) is 18.0 Å². The lowest BCUT2D eigenvalue weighted by Crippen LogP contribution is -2.43. The fraction of sp³-hybridized carbons (Fsp3) is 0.409. The van der Waals surface area contributed by atoms with Crippen LogP contribution in [-0.4, -0.2) is 33.6 Å². The second-order valence-corrected chi connectivity index (χ2v) is 8.07. The van der Waals surface area contributed by atoms with Gasteiger partial charge in [0.2, 0.25) is 0 Å². The summed E-state index contributed by atoms with van der Waals surface area (Å²) in [5, 5.41) is 7.87. The molecule has 1 aromatic carbocycles. The molecule has 0 radical (unpaired) electrons. The maximum absolute atomic E-state index is 13.5. The zero-order valence-electron chi connectivity index (χ0n) is 18.2. The lowest BCUT2D eigenvalue weighted by molar-refractivity contribution is -0.172. The van der Waals surface area contributed by atoms with Crippen molar-refractivity contribution in [1.82, 2.24) is 14.9 Å². The van der Waals surface area contributed by atoms with Crippen LogP contribution < -0.4 is 9.64 Å². The third-order valence-electron chi connectivity index (χ3n) is 5.42. The van der Waals surface area contributed by atoms with Crippen molar-refractivity contribution in [3.05, 3.63) is 58.1 Å². The summed E-state index contributed by atoms with van der Waals surface area (Å²) >= 11 is 0. The van der Waals surface area contributed by atoms with E-state index in [4.69, 9.17) is 9.26 Å². The summed E-state index contributed by atoms with van der Waals surface area (Å²) in [6.45, 7) is 7.08. The van der Waals surface area contributed by atoms with Crippen LogP contribution in [0.2, 0.25) is 0 Å². The van der Waals surface area contributed by atoms with Gasteiger partial charge in [-0.15, -0.1) is 0 Å². The molecule has 0 saturated heterocycles. The van der Waals surface area contributed by atoms with Gasteiger partial charge in [0, 0.05) is 12.6 Å². The highest BCUT2D eigenvalue weighted by Crippen LogP contribution is 2.40. The van der Waals surface area contributed by atoms with Gasteiger partial charge < -0.3 is 9.26 Å². The van der Waals surface area contributed by atoms with Crippen molar-refractivity contribution < 1.29 is 27.2 Å². The topological polar surface area (TPSA) is 73.4 Å². The van der Waals surface area contributed by atoms with Crippen molar-refractivity contribution in [3.8, 4) is 5.75 Å². The Kier molecular flexibility index (Phi) is 5.47. The van der Waals surface area contributed by atoms with Crippen LogP contribution in [0, 0.1) is 27.7 Å². The number of fused-ring (bicyclic) bond motifs is 1. The monoisotopic (exact) mass is 448 g/mol. The summed E-state index contributed by atoms with van der Waals surface area (Å²) in [4.78, 5) is 14.6. The van der Waals surface area contributed by atoms with Crippen LogP contribution >= 0.6 is 0 Å². The average molecular weight is 448 g/mol. The Bertz CT molecular complexity index is 1150. The number of alkyl halides is 3. The smallest absolute Gasteiger partial charge is 0.410 e. The predicted molar refractivity (Wildman–Crippen MR) is 110 cm³/mol. The third-order valence-corrected chi connectivity index (χ3v) is 5.42. The van der Waals surface area contributed by atoms with Gasteiger partial charge >= 0.3 is 6.18 Å². The first kappa shape index (κ1) is 21.9. The van der Waals surface area contributed by atoms with E-state index in [1.807, 2.05) is 32.0 Å². The summed E-state index contributed by atoms with van der Waals surface area (Å²) in [5.74, 6) is 0.583. The molecule has 0 aliphatic carbocycles. The Morgan fingerprint density at radius 3 is 2.50 bits per heavy atom. The molecule has 2 aromatic heterocycles. The second-order valence-electron chi connectivity index (χ2n) is 8.07. The molecule has 1 unspecified atom stereocenters. The largest absolute Gasteiger partial charge is 0.489 e. The van der Waals surface area contributed by atoms with Crippen LogP contribution in [0.15, 0.2) is 28.8 Å². The molecule has 0 saturated carbocycles. The van der Waals surface area contributed by atoms with Crippen molar-refractivity contribution in [2.45, 2.75) is 52.9 Å². The molecule has 3 aromatic rings. The van der Waals surface area contributed by atoms with Crippen molar-refractivity contribution >= 4 is 11.7 Å². The minimum absolute atomic E-state index is 0.0164. The standard InChI is InChI=1S/C22H23F3N4O3/c1-12-7-13(2)9-16(8-12)31-11-17-15(4)32-27-20(17)21(30)28-6-5-18(22(23,24)25)29-19(28)10-14(3)26-29/h7-10,18H,5-6,11H2,1-4H3. The number of hydrogen-bond acceptors (Lipinski definition) is 5. The number of aryl methyl sites for hydroxylation is 4. The number of amides is 1.